The highest BCUT2D eigenvalue weighted by Crippen LogP contribution is 2.44. The zero-order valence-electron chi connectivity index (χ0n) is 14.2. The first-order valence-electron chi connectivity index (χ1n) is 8.00. The van der Waals surface area contributed by atoms with Crippen molar-refractivity contribution in [2.75, 3.05) is 12.4 Å². The molecule has 0 saturated heterocycles. The summed E-state index contributed by atoms with van der Waals surface area (Å²) in [5, 5.41) is 0.125. The molecule has 1 atom stereocenters. The summed E-state index contributed by atoms with van der Waals surface area (Å²) in [7, 11) is 0. The van der Waals surface area contributed by atoms with Crippen LogP contribution in [0.2, 0.25) is 0 Å². The van der Waals surface area contributed by atoms with Crippen molar-refractivity contribution in [3.63, 3.8) is 0 Å². The second kappa shape index (κ2) is 7.59. The third-order valence-electron chi connectivity index (χ3n) is 3.70. The molecule has 1 aromatic heterocycles. The predicted molar refractivity (Wildman–Crippen MR) is 95.0 cm³/mol. The van der Waals surface area contributed by atoms with Gasteiger partial charge in [-0.2, -0.15) is 13.2 Å². The lowest BCUT2D eigenvalue weighted by Crippen LogP contribution is -2.48. The molecule has 0 aliphatic carbocycles. The fourth-order valence-electron chi connectivity index (χ4n) is 2.35. The number of alkyl halides is 3. The molecule has 2 heterocycles. The Kier molecular flexibility index (Phi) is 5.41. The van der Waals surface area contributed by atoms with Crippen molar-refractivity contribution in [1.82, 2.24) is 4.98 Å². The summed E-state index contributed by atoms with van der Waals surface area (Å²) in [6, 6.07) is 8.89. The maximum absolute atomic E-state index is 13.7. The molecular formula is C18H15F3N2O3S. The predicted octanol–water partition coefficient (Wildman–Crippen LogP) is 4.09. The topological polar surface area (TPSA) is 60.8 Å². The van der Waals surface area contributed by atoms with Crippen LogP contribution in [0.4, 0.5) is 13.2 Å². The lowest BCUT2D eigenvalue weighted by molar-refractivity contribution is -0.245. The SMILES string of the molecule is CCOc1ccc(C(=O)OC2(C(F)(F)F)CSC(c3cccnc3)=N2)cc1. The molecule has 1 aromatic carbocycles. The van der Waals surface area contributed by atoms with Gasteiger partial charge < -0.3 is 9.47 Å². The molecule has 1 aliphatic heterocycles. The number of esters is 1. The van der Waals surface area contributed by atoms with E-state index >= 15 is 0 Å². The summed E-state index contributed by atoms with van der Waals surface area (Å²) < 4.78 is 51.3. The number of nitrogens with zero attached hydrogens (tertiary/aromatic N) is 2. The molecule has 0 amide bonds. The van der Waals surface area contributed by atoms with E-state index in [2.05, 4.69) is 9.98 Å². The molecule has 2 aromatic rings. The number of aromatic nitrogens is 1. The van der Waals surface area contributed by atoms with E-state index in [1.165, 1.54) is 36.7 Å². The molecular weight excluding hydrogens is 381 g/mol. The highest BCUT2D eigenvalue weighted by Gasteiger charge is 2.61. The van der Waals surface area contributed by atoms with Gasteiger partial charge in [-0.1, -0.05) is 11.8 Å². The number of thioether (sulfide) groups is 1. The van der Waals surface area contributed by atoms with Gasteiger partial charge in [-0.3, -0.25) is 4.98 Å². The van der Waals surface area contributed by atoms with Gasteiger partial charge in [0.15, 0.2) is 0 Å². The Labute approximate surface area is 157 Å². The number of carbonyl (C=O) groups is 1. The fourth-order valence-corrected chi connectivity index (χ4v) is 3.47. The number of carbonyl (C=O) groups excluding carboxylic acids is 1. The summed E-state index contributed by atoms with van der Waals surface area (Å²) in [5.74, 6) is -1.15. The Hall–Kier alpha value is -2.55. The minimum Gasteiger partial charge on any atom is -0.494 e. The third-order valence-corrected chi connectivity index (χ3v) is 4.84. The first-order valence-corrected chi connectivity index (χ1v) is 8.99. The second-order valence-corrected chi connectivity index (χ2v) is 6.54. The van der Waals surface area contributed by atoms with Gasteiger partial charge >= 0.3 is 17.9 Å². The number of benzene rings is 1. The third kappa shape index (κ3) is 4.08. The van der Waals surface area contributed by atoms with Crippen LogP contribution in [0.15, 0.2) is 53.8 Å². The van der Waals surface area contributed by atoms with Crippen molar-refractivity contribution in [3.8, 4) is 5.75 Å². The number of hydrogen-bond donors (Lipinski definition) is 0. The summed E-state index contributed by atoms with van der Waals surface area (Å²) in [6.07, 6.45) is -1.94. The monoisotopic (exact) mass is 396 g/mol. The van der Waals surface area contributed by atoms with Crippen LogP contribution in [0.3, 0.4) is 0 Å². The highest BCUT2D eigenvalue weighted by molar-refractivity contribution is 8.14. The van der Waals surface area contributed by atoms with E-state index < -0.39 is 23.6 Å². The Morgan fingerprint density at radius 1 is 1.26 bits per heavy atom. The summed E-state index contributed by atoms with van der Waals surface area (Å²) in [4.78, 5) is 19.9. The molecule has 0 saturated carbocycles. The van der Waals surface area contributed by atoms with E-state index in [4.69, 9.17) is 9.47 Å². The van der Waals surface area contributed by atoms with Gasteiger partial charge in [0.1, 0.15) is 10.8 Å². The molecule has 0 radical (unpaired) electrons. The maximum atomic E-state index is 13.7. The Bertz CT molecular complexity index is 841. The van der Waals surface area contributed by atoms with Crippen LogP contribution in [0.25, 0.3) is 0 Å². The molecule has 0 N–H and O–H groups in total. The fraction of sp³-hybridized carbons (Fsp3) is 0.278. The first-order chi connectivity index (χ1) is 12.8. The van der Waals surface area contributed by atoms with Crippen LogP contribution in [-0.2, 0) is 4.74 Å². The normalized spacial score (nSPS) is 19.5. The van der Waals surface area contributed by atoms with E-state index in [0.29, 0.717) is 17.9 Å². The van der Waals surface area contributed by atoms with Crippen LogP contribution in [0.1, 0.15) is 22.8 Å². The molecule has 0 spiro atoms. The number of rotatable bonds is 5. The van der Waals surface area contributed by atoms with Gasteiger partial charge in [0.2, 0.25) is 0 Å². The van der Waals surface area contributed by atoms with Crippen molar-refractivity contribution in [1.29, 1.82) is 0 Å². The van der Waals surface area contributed by atoms with Gasteiger partial charge in [0.05, 0.1) is 17.9 Å². The van der Waals surface area contributed by atoms with Crippen molar-refractivity contribution < 1.29 is 27.4 Å². The van der Waals surface area contributed by atoms with Crippen molar-refractivity contribution in [2.24, 2.45) is 4.99 Å². The van der Waals surface area contributed by atoms with Crippen LogP contribution < -0.4 is 4.74 Å². The van der Waals surface area contributed by atoms with Crippen molar-refractivity contribution in [2.45, 2.75) is 18.8 Å². The second-order valence-electron chi connectivity index (χ2n) is 5.58. The molecule has 27 heavy (non-hydrogen) atoms. The first kappa shape index (κ1) is 19.2. The average molecular weight is 396 g/mol. The molecule has 1 aliphatic rings. The Balaban J connectivity index is 1.86. The molecule has 1 unspecified atom stereocenters. The van der Waals surface area contributed by atoms with E-state index in [-0.39, 0.29) is 10.6 Å². The maximum Gasteiger partial charge on any atom is 0.451 e. The van der Waals surface area contributed by atoms with Crippen molar-refractivity contribution >= 4 is 22.8 Å². The Morgan fingerprint density at radius 3 is 2.59 bits per heavy atom. The van der Waals surface area contributed by atoms with Crippen LogP contribution in [-0.4, -0.2) is 40.3 Å². The van der Waals surface area contributed by atoms with Gasteiger partial charge in [0, 0.05) is 18.0 Å². The van der Waals surface area contributed by atoms with Crippen LogP contribution in [0.5, 0.6) is 5.75 Å². The lowest BCUT2D eigenvalue weighted by atomic mass is 10.2. The van der Waals surface area contributed by atoms with Crippen LogP contribution in [0, 0.1) is 0 Å². The number of halogens is 3. The van der Waals surface area contributed by atoms with Gasteiger partial charge in [-0.25, -0.2) is 9.79 Å². The molecule has 142 valence electrons. The minimum atomic E-state index is -4.86. The molecule has 0 bridgehead atoms. The number of aliphatic imine (C=N–C) groups is 1. The smallest absolute Gasteiger partial charge is 0.451 e. The highest BCUT2D eigenvalue weighted by atomic mass is 32.2. The molecule has 5 nitrogen and oxygen atoms in total. The molecule has 9 heteroatoms. The number of pyridine rings is 1. The van der Waals surface area contributed by atoms with E-state index in [1.54, 1.807) is 19.1 Å². The van der Waals surface area contributed by atoms with E-state index in [1.807, 2.05) is 0 Å². The summed E-state index contributed by atoms with van der Waals surface area (Å²) in [6.45, 7) is 2.23. The quantitative estimate of drug-likeness (QED) is 0.713. The molecule has 3 rings (SSSR count). The zero-order valence-corrected chi connectivity index (χ0v) is 15.0. The number of ether oxygens (including phenoxy) is 2. The van der Waals surface area contributed by atoms with E-state index in [0.717, 1.165) is 11.8 Å². The zero-order chi connectivity index (χ0) is 19.5. The minimum absolute atomic E-state index is 0.0166. The van der Waals surface area contributed by atoms with Gasteiger partial charge in [-0.15, -0.1) is 0 Å². The standard InChI is InChI=1S/C18H15F3N2O3S/c1-2-25-14-7-5-12(6-8-14)16(24)26-17(18(19,20)21)11-27-15(23-17)13-4-3-9-22-10-13/h3-10H,2,11H2,1H3. The number of hydrogen-bond acceptors (Lipinski definition) is 6. The average Bonchev–Trinajstić information content (AvgIpc) is 3.09. The van der Waals surface area contributed by atoms with Crippen LogP contribution >= 0.6 is 11.8 Å². The van der Waals surface area contributed by atoms with Gasteiger partial charge in [-0.05, 0) is 43.3 Å². The molecule has 0 fully saturated rings. The summed E-state index contributed by atoms with van der Waals surface area (Å²) in [5.41, 5.74) is -2.51. The largest absolute Gasteiger partial charge is 0.494 e. The van der Waals surface area contributed by atoms with E-state index in [9.17, 15) is 18.0 Å². The van der Waals surface area contributed by atoms with Gasteiger partial charge in [0.25, 0.3) is 0 Å². The summed E-state index contributed by atoms with van der Waals surface area (Å²) >= 11 is 0.868. The lowest BCUT2D eigenvalue weighted by Gasteiger charge is -2.27. The Morgan fingerprint density at radius 2 is 2.00 bits per heavy atom. The van der Waals surface area contributed by atoms with Crippen molar-refractivity contribution in [3.05, 3.63) is 59.9 Å².